The Balaban J connectivity index is 2.45. The minimum absolute atomic E-state index is 0.00139. The molecule has 0 aromatic carbocycles. The Bertz CT molecular complexity index is 323. The number of carbonyl (C=O) groups excluding carboxylic acids is 2. The molecular weight excluding hydrogens is 244 g/mol. The van der Waals surface area contributed by atoms with E-state index < -0.39 is 6.09 Å². The van der Waals surface area contributed by atoms with Crippen LogP contribution in [0, 0.1) is 5.41 Å². The van der Waals surface area contributed by atoms with Gasteiger partial charge in [0.1, 0.15) is 0 Å². The maximum Gasteiger partial charge on any atom is 0.407 e. The second-order valence-electron chi connectivity index (χ2n) is 6.28. The van der Waals surface area contributed by atoms with Gasteiger partial charge >= 0.3 is 6.09 Å². The standard InChI is InChI=1S/C14H26N2O3/c1-5-19-13(18)15-11-7-6-8-16(10-11)12(17)9-14(2,3)4/h11H,5-10H2,1-4H3,(H,15,18). The van der Waals surface area contributed by atoms with Gasteiger partial charge in [0.25, 0.3) is 0 Å². The zero-order valence-electron chi connectivity index (χ0n) is 12.5. The SMILES string of the molecule is CCOC(=O)NC1CCCN(C(=O)CC(C)(C)C)C1. The average molecular weight is 270 g/mol. The molecular formula is C14H26N2O3. The number of nitrogens with zero attached hydrogens (tertiary/aromatic N) is 1. The van der Waals surface area contributed by atoms with Crippen molar-refractivity contribution in [1.82, 2.24) is 10.2 Å². The number of alkyl carbamates (subject to hydrolysis) is 1. The number of likely N-dealkylation sites (tertiary alicyclic amines) is 1. The first-order valence-corrected chi connectivity index (χ1v) is 7.03. The number of ether oxygens (including phenoxy) is 1. The molecule has 1 heterocycles. The third-order valence-electron chi connectivity index (χ3n) is 3.05. The third-order valence-corrected chi connectivity index (χ3v) is 3.05. The molecule has 0 aromatic heterocycles. The van der Waals surface area contributed by atoms with Gasteiger partial charge in [-0.25, -0.2) is 4.79 Å². The van der Waals surface area contributed by atoms with Gasteiger partial charge in [-0.3, -0.25) is 4.79 Å². The molecule has 5 nitrogen and oxygen atoms in total. The van der Waals surface area contributed by atoms with Crippen LogP contribution >= 0.6 is 0 Å². The molecule has 0 spiro atoms. The Hall–Kier alpha value is -1.26. The van der Waals surface area contributed by atoms with E-state index in [-0.39, 0.29) is 17.4 Å². The Kier molecular flexibility index (Phi) is 5.63. The van der Waals surface area contributed by atoms with Crippen LogP contribution in [-0.4, -0.2) is 42.6 Å². The molecule has 1 saturated heterocycles. The zero-order chi connectivity index (χ0) is 14.5. The van der Waals surface area contributed by atoms with Crippen molar-refractivity contribution in [3.05, 3.63) is 0 Å². The molecule has 0 aromatic rings. The lowest BCUT2D eigenvalue weighted by Crippen LogP contribution is -2.50. The highest BCUT2D eigenvalue weighted by Gasteiger charge is 2.27. The first kappa shape index (κ1) is 15.8. The summed E-state index contributed by atoms with van der Waals surface area (Å²) in [6.07, 6.45) is 1.97. The van der Waals surface area contributed by atoms with E-state index in [1.165, 1.54) is 0 Å². The number of nitrogens with one attached hydrogen (secondary N) is 1. The average Bonchev–Trinajstić information content (AvgIpc) is 2.27. The quantitative estimate of drug-likeness (QED) is 0.855. The van der Waals surface area contributed by atoms with E-state index >= 15 is 0 Å². The molecule has 5 heteroatoms. The van der Waals surface area contributed by atoms with Gasteiger partial charge in [0, 0.05) is 25.6 Å². The second-order valence-corrected chi connectivity index (χ2v) is 6.28. The topological polar surface area (TPSA) is 58.6 Å². The van der Waals surface area contributed by atoms with Gasteiger partial charge in [-0.15, -0.1) is 0 Å². The van der Waals surface area contributed by atoms with Crippen molar-refractivity contribution in [2.75, 3.05) is 19.7 Å². The molecule has 0 radical (unpaired) electrons. The van der Waals surface area contributed by atoms with Crippen LogP contribution in [0.5, 0.6) is 0 Å². The van der Waals surface area contributed by atoms with Crippen molar-refractivity contribution in [3.63, 3.8) is 0 Å². The largest absolute Gasteiger partial charge is 0.450 e. The van der Waals surface area contributed by atoms with Crippen LogP contribution in [0.15, 0.2) is 0 Å². The minimum Gasteiger partial charge on any atom is -0.450 e. The molecule has 1 aliphatic rings. The summed E-state index contributed by atoms with van der Waals surface area (Å²) in [5, 5.41) is 2.81. The highest BCUT2D eigenvalue weighted by atomic mass is 16.5. The van der Waals surface area contributed by atoms with Crippen molar-refractivity contribution in [1.29, 1.82) is 0 Å². The number of piperidine rings is 1. The predicted octanol–water partition coefficient (Wildman–Crippen LogP) is 2.16. The van der Waals surface area contributed by atoms with E-state index in [0.717, 1.165) is 19.4 Å². The van der Waals surface area contributed by atoms with Crippen molar-refractivity contribution < 1.29 is 14.3 Å². The van der Waals surface area contributed by atoms with Crippen LogP contribution in [0.4, 0.5) is 4.79 Å². The molecule has 0 bridgehead atoms. The summed E-state index contributed by atoms with van der Waals surface area (Å²) in [6, 6.07) is 0.0109. The van der Waals surface area contributed by atoms with E-state index in [9.17, 15) is 9.59 Å². The highest BCUT2D eigenvalue weighted by Crippen LogP contribution is 2.21. The Morgan fingerprint density at radius 3 is 2.63 bits per heavy atom. The maximum atomic E-state index is 12.2. The van der Waals surface area contributed by atoms with Crippen LogP contribution in [0.25, 0.3) is 0 Å². The first-order chi connectivity index (χ1) is 8.81. The number of amides is 2. The second kappa shape index (κ2) is 6.78. The van der Waals surface area contributed by atoms with Gasteiger partial charge in [-0.05, 0) is 25.2 Å². The molecule has 1 aliphatic heterocycles. The predicted molar refractivity (Wildman–Crippen MR) is 73.8 cm³/mol. The molecule has 1 atom stereocenters. The molecule has 1 unspecified atom stereocenters. The number of hydrogen-bond acceptors (Lipinski definition) is 3. The van der Waals surface area contributed by atoms with Gasteiger partial charge in [-0.2, -0.15) is 0 Å². The van der Waals surface area contributed by atoms with E-state index in [0.29, 0.717) is 19.6 Å². The normalized spacial score (nSPS) is 20.0. The summed E-state index contributed by atoms with van der Waals surface area (Å²) in [6.45, 7) is 9.70. The van der Waals surface area contributed by atoms with Crippen molar-refractivity contribution in [2.45, 2.75) is 53.0 Å². The lowest BCUT2D eigenvalue weighted by molar-refractivity contribution is -0.134. The summed E-state index contributed by atoms with van der Waals surface area (Å²) < 4.78 is 4.87. The molecule has 1 rings (SSSR count). The van der Waals surface area contributed by atoms with Gasteiger partial charge in [0.2, 0.25) is 5.91 Å². The number of carbonyl (C=O) groups is 2. The third kappa shape index (κ3) is 5.94. The smallest absolute Gasteiger partial charge is 0.407 e. The molecule has 110 valence electrons. The van der Waals surface area contributed by atoms with Gasteiger partial charge in [0.15, 0.2) is 0 Å². The monoisotopic (exact) mass is 270 g/mol. The van der Waals surface area contributed by atoms with Crippen LogP contribution in [0.1, 0.15) is 47.0 Å². The van der Waals surface area contributed by atoms with E-state index in [1.807, 2.05) is 4.90 Å². The zero-order valence-corrected chi connectivity index (χ0v) is 12.5. The fourth-order valence-corrected chi connectivity index (χ4v) is 2.23. The summed E-state index contributed by atoms with van der Waals surface area (Å²) >= 11 is 0. The molecule has 2 amide bonds. The van der Waals surface area contributed by atoms with Crippen LogP contribution in [0.2, 0.25) is 0 Å². The van der Waals surface area contributed by atoms with E-state index in [1.54, 1.807) is 6.92 Å². The molecule has 1 fully saturated rings. The molecule has 19 heavy (non-hydrogen) atoms. The molecule has 0 aliphatic carbocycles. The lowest BCUT2D eigenvalue weighted by Gasteiger charge is -2.34. The fraction of sp³-hybridized carbons (Fsp3) is 0.857. The summed E-state index contributed by atoms with van der Waals surface area (Å²) in [5.41, 5.74) is -0.00139. The van der Waals surface area contributed by atoms with E-state index in [4.69, 9.17) is 4.74 Å². The Morgan fingerprint density at radius 1 is 1.37 bits per heavy atom. The van der Waals surface area contributed by atoms with Gasteiger partial charge < -0.3 is 15.0 Å². The minimum atomic E-state index is -0.391. The lowest BCUT2D eigenvalue weighted by atomic mass is 9.91. The Labute approximate surface area is 115 Å². The first-order valence-electron chi connectivity index (χ1n) is 7.03. The van der Waals surface area contributed by atoms with E-state index in [2.05, 4.69) is 26.1 Å². The summed E-state index contributed by atoms with van der Waals surface area (Å²) in [5.74, 6) is 0.169. The van der Waals surface area contributed by atoms with Gasteiger partial charge in [-0.1, -0.05) is 20.8 Å². The highest BCUT2D eigenvalue weighted by molar-refractivity contribution is 5.77. The van der Waals surface area contributed by atoms with Crippen LogP contribution < -0.4 is 5.32 Å². The summed E-state index contributed by atoms with van der Waals surface area (Å²) in [4.78, 5) is 25.4. The van der Waals surface area contributed by atoms with Crippen molar-refractivity contribution in [3.8, 4) is 0 Å². The Morgan fingerprint density at radius 2 is 2.05 bits per heavy atom. The summed E-state index contributed by atoms with van der Waals surface area (Å²) in [7, 11) is 0. The van der Waals surface area contributed by atoms with Crippen LogP contribution in [0.3, 0.4) is 0 Å². The maximum absolute atomic E-state index is 12.2. The van der Waals surface area contributed by atoms with Crippen molar-refractivity contribution in [2.24, 2.45) is 5.41 Å². The van der Waals surface area contributed by atoms with Crippen LogP contribution in [-0.2, 0) is 9.53 Å². The number of rotatable bonds is 3. The van der Waals surface area contributed by atoms with Crippen molar-refractivity contribution >= 4 is 12.0 Å². The molecule has 0 saturated carbocycles. The number of hydrogen-bond donors (Lipinski definition) is 1. The fourth-order valence-electron chi connectivity index (χ4n) is 2.23. The molecule has 1 N–H and O–H groups in total. The van der Waals surface area contributed by atoms with Gasteiger partial charge in [0.05, 0.1) is 6.61 Å².